The molecule has 1 aromatic carbocycles. The van der Waals surface area contributed by atoms with Gasteiger partial charge in [-0.05, 0) is 24.3 Å². The van der Waals surface area contributed by atoms with Gasteiger partial charge >= 0.3 is 0 Å². The molecule has 1 amide bonds. The van der Waals surface area contributed by atoms with Crippen molar-refractivity contribution in [2.24, 2.45) is 7.05 Å². The SMILES string of the molecule is Cn1c(N2CCOCC2)nc2cc(C(=O)NCc3cnn4cccnc34)ccc21. The largest absolute Gasteiger partial charge is 0.378 e. The maximum Gasteiger partial charge on any atom is 0.251 e. The Bertz CT molecular complexity index is 1190. The Morgan fingerprint density at radius 3 is 3.00 bits per heavy atom. The zero-order chi connectivity index (χ0) is 19.8. The molecule has 4 aromatic rings. The van der Waals surface area contributed by atoms with Crippen LogP contribution in [0.4, 0.5) is 5.95 Å². The summed E-state index contributed by atoms with van der Waals surface area (Å²) in [7, 11) is 2.00. The van der Waals surface area contributed by atoms with Crippen LogP contribution in [0.2, 0.25) is 0 Å². The highest BCUT2D eigenvalue weighted by Crippen LogP contribution is 2.23. The van der Waals surface area contributed by atoms with Crippen molar-refractivity contribution in [3.8, 4) is 0 Å². The summed E-state index contributed by atoms with van der Waals surface area (Å²) in [6, 6.07) is 7.42. The van der Waals surface area contributed by atoms with Crippen molar-refractivity contribution in [1.82, 2.24) is 29.5 Å². The molecule has 0 aliphatic carbocycles. The number of ether oxygens (including phenoxy) is 1. The minimum atomic E-state index is -0.152. The second-order valence-electron chi connectivity index (χ2n) is 7.01. The van der Waals surface area contributed by atoms with Crippen molar-refractivity contribution in [2.75, 3.05) is 31.2 Å². The summed E-state index contributed by atoms with van der Waals surface area (Å²) in [5.74, 6) is 0.749. The summed E-state index contributed by atoms with van der Waals surface area (Å²) in [6.45, 7) is 3.40. The fraction of sp³-hybridized carbons (Fsp3) is 0.300. The van der Waals surface area contributed by atoms with E-state index in [9.17, 15) is 4.79 Å². The molecule has 29 heavy (non-hydrogen) atoms. The van der Waals surface area contributed by atoms with Crippen molar-refractivity contribution in [1.29, 1.82) is 0 Å². The fourth-order valence-electron chi connectivity index (χ4n) is 3.65. The Hall–Kier alpha value is -3.46. The quantitative estimate of drug-likeness (QED) is 0.565. The third-order valence-corrected chi connectivity index (χ3v) is 5.21. The van der Waals surface area contributed by atoms with Gasteiger partial charge in [0, 0.05) is 50.2 Å². The lowest BCUT2D eigenvalue weighted by Gasteiger charge is -2.27. The van der Waals surface area contributed by atoms with Crippen LogP contribution in [-0.4, -0.2) is 56.4 Å². The van der Waals surface area contributed by atoms with Crippen molar-refractivity contribution >= 4 is 28.5 Å². The number of anilines is 1. The molecule has 0 atom stereocenters. The molecule has 3 aromatic heterocycles. The lowest BCUT2D eigenvalue weighted by atomic mass is 10.2. The van der Waals surface area contributed by atoms with Gasteiger partial charge in [0.25, 0.3) is 5.91 Å². The first-order chi connectivity index (χ1) is 14.2. The van der Waals surface area contributed by atoms with E-state index in [0.717, 1.165) is 41.3 Å². The van der Waals surface area contributed by atoms with Crippen molar-refractivity contribution in [3.63, 3.8) is 0 Å². The maximum atomic E-state index is 12.7. The summed E-state index contributed by atoms with van der Waals surface area (Å²) in [6.07, 6.45) is 5.26. The topological polar surface area (TPSA) is 89.6 Å². The van der Waals surface area contributed by atoms with Gasteiger partial charge in [0.2, 0.25) is 5.95 Å². The summed E-state index contributed by atoms with van der Waals surface area (Å²) in [4.78, 5) is 24.0. The van der Waals surface area contributed by atoms with Crippen molar-refractivity contribution in [3.05, 3.63) is 54.0 Å². The number of aromatic nitrogens is 5. The number of benzene rings is 1. The van der Waals surface area contributed by atoms with Crippen LogP contribution in [0, 0.1) is 0 Å². The van der Waals surface area contributed by atoms with Crippen LogP contribution >= 0.6 is 0 Å². The van der Waals surface area contributed by atoms with Gasteiger partial charge < -0.3 is 19.5 Å². The molecule has 1 aliphatic heterocycles. The average Bonchev–Trinajstić information content (AvgIpc) is 3.33. The van der Waals surface area contributed by atoms with Crippen LogP contribution in [0.25, 0.3) is 16.7 Å². The van der Waals surface area contributed by atoms with Crippen LogP contribution in [0.3, 0.4) is 0 Å². The number of fused-ring (bicyclic) bond motifs is 2. The molecule has 1 aliphatic rings. The monoisotopic (exact) mass is 391 g/mol. The molecule has 5 rings (SSSR count). The molecule has 0 unspecified atom stereocenters. The number of imidazole rings is 1. The number of rotatable bonds is 4. The fourth-order valence-corrected chi connectivity index (χ4v) is 3.65. The number of nitrogens with one attached hydrogen (secondary N) is 1. The first-order valence-corrected chi connectivity index (χ1v) is 9.55. The number of hydrogen-bond donors (Lipinski definition) is 1. The second kappa shape index (κ2) is 7.17. The predicted molar refractivity (Wildman–Crippen MR) is 108 cm³/mol. The summed E-state index contributed by atoms with van der Waals surface area (Å²) < 4.78 is 9.18. The highest BCUT2D eigenvalue weighted by molar-refractivity contribution is 5.97. The Morgan fingerprint density at radius 2 is 2.14 bits per heavy atom. The van der Waals surface area contributed by atoms with Crippen LogP contribution in [0.5, 0.6) is 0 Å². The smallest absolute Gasteiger partial charge is 0.251 e. The van der Waals surface area contributed by atoms with Gasteiger partial charge in [-0.15, -0.1) is 0 Å². The Morgan fingerprint density at radius 1 is 1.28 bits per heavy atom. The molecule has 0 bridgehead atoms. The number of amides is 1. The molecule has 1 saturated heterocycles. The Kier molecular flexibility index (Phi) is 4.36. The lowest BCUT2D eigenvalue weighted by molar-refractivity contribution is 0.0951. The number of aryl methyl sites for hydroxylation is 1. The van der Waals surface area contributed by atoms with E-state index in [1.807, 2.05) is 37.5 Å². The van der Waals surface area contributed by atoms with Gasteiger partial charge in [-0.1, -0.05) is 0 Å². The summed E-state index contributed by atoms with van der Waals surface area (Å²) in [5.41, 5.74) is 3.98. The van der Waals surface area contributed by atoms with Gasteiger partial charge in [-0.2, -0.15) is 5.10 Å². The van der Waals surface area contributed by atoms with Gasteiger partial charge in [-0.25, -0.2) is 14.5 Å². The number of hydrogen-bond acceptors (Lipinski definition) is 6. The number of morpholine rings is 1. The molecule has 4 heterocycles. The number of carbonyl (C=O) groups excluding carboxylic acids is 1. The number of nitrogens with zero attached hydrogens (tertiary/aromatic N) is 6. The number of carbonyl (C=O) groups is 1. The minimum Gasteiger partial charge on any atom is -0.378 e. The first kappa shape index (κ1) is 17.6. The molecule has 1 N–H and O–H groups in total. The molecule has 9 heteroatoms. The van der Waals surface area contributed by atoms with Crippen LogP contribution in [0.15, 0.2) is 42.9 Å². The van der Waals surface area contributed by atoms with E-state index in [0.29, 0.717) is 25.3 Å². The molecular weight excluding hydrogens is 370 g/mol. The first-order valence-electron chi connectivity index (χ1n) is 9.55. The lowest BCUT2D eigenvalue weighted by Crippen LogP contribution is -2.37. The van der Waals surface area contributed by atoms with Crippen molar-refractivity contribution in [2.45, 2.75) is 6.54 Å². The standard InChI is InChI=1S/C20H21N7O2/c1-25-17-4-3-14(11-16(17)24-20(25)26-7-9-29-10-8-26)19(28)22-12-15-13-23-27-6-2-5-21-18(15)27/h2-6,11,13H,7-10,12H2,1H3,(H,22,28). The van der Waals surface area contributed by atoms with E-state index in [1.165, 1.54) is 0 Å². The van der Waals surface area contributed by atoms with E-state index in [4.69, 9.17) is 9.72 Å². The normalized spacial score (nSPS) is 14.6. The zero-order valence-corrected chi connectivity index (χ0v) is 16.1. The third-order valence-electron chi connectivity index (χ3n) is 5.21. The summed E-state index contributed by atoms with van der Waals surface area (Å²) in [5, 5.41) is 7.19. The average molecular weight is 391 g/mol. The van der Waals surface area contributed by atoms with E-state index in [1.54, 1.807) is 16.9 Å². The van der Waals surface area contributed by atoms with E-state index < -0.39 is 0 Å². The van der Waals surface area contributed by atoms with E-state index >= 15 is 0 Å². The van der Waals surface area contributed by atoms with Crippen LogP contribution < -0.4 is 10.2 Å². The molecule has 1 fully saturated rings. The highest BCUT2D eigenvalue weighted by atomic mass is 16.5. The predicted octanol–water partition coefficient (Wildman–Crippen LogP) is 1.38. The van der Waals surface area contributed by atoms with Gasteiger partial charge in [0.05, 0.1) is 30.4 Å². The van der Waals surface area contributed by atoms with Gasteiger partial charge in [0.15, 0.2) is 5.65 Å². The highest BCUT2D eigenvalue weighted by Gasteiger charge is 2.18. The Labute approximate surface area is 166 Å². The molecule has 9 nitrogen and oxygen atoms in total. The van der Waals surface area contributed by atoms with Crippen LogP contribution in [-0.2, 0) is 18.3 Å². The molecule has 0 radical (unpaired) electrons. The van der Waals surface area contributed by atoms with Crippen LogP contribution in [0.1, 0.15) is 15.9 Å². The summed E-state index contributed by atoms with van der Waals surface area (Å²) >= 11 is 0. The second-order valence-corrected chi connectivity index (χ2v) is 7.01. The van der Waals surface area contributed by atoms with E-state index in [2.05, 4.69) is 24.9 Å². The molecule has 148 valence electrons. The van der Waals surface area contributed by atoms with Gasteiger partial charge in [0.1, 0.15) is 0 Å². The van der Waals surface area contributed by atoms with Gasteiger partial charge in [-0.3, -0.25) is 4.79 Å². The Balaban J connectivity index is 1.36. The minimum absolute atomic E-state index is 0.152. The maximum absolute atomic E-state index is 12.7. The van der Waals surface area contributed by atoms with Crippen molar-refractivity contribution < 1.29 is 9.53 Å². The third kappa shape index (κ3) is 3.19. The molecular formula is C20H21N7O2. The molecule has 0 saturated carbocycles. The van der Waals surface area contributed by atoms with E-state index in [-0.39, 0.29) is 5.91 Å². The zero-order valence-electron chi connectivity index (χ0n) is 16.1. The molecule has 0 spiro atoms.